The number of aromatic nitrogens is 6. The van der Waals surface area contributed by atoms with Gasteiger partial charge in [-0.3, -0.25) is 4.79 Å². The van der Waals surface area contributed by atoms with E-state index in [9.17, 15) is 9.18 Å². The van der Waals surface area contributed by atoms with E-state index in [0.717, 1.165) is 16.8 Å². The Morgan fingerprint density at radius 3 is 2.32 bits per heavy atom. The van der Waals surface area contributed by atoms with Crippen molar-refractivity contribution in [1.82, 2.24) is 34.7 Å². The second-order valence-electron chi connectivity index (χ2n) is 10.5. The molecule has 0 spiro atoms. The van der Waals surface area contributed by atoms with Crippen LogP contribution in [0.4, 0.5) is 4.39 Å². The lowest BCUT2D eigenvalue weighted by Gasteiger charge is -2.40. The monoisotopic (exact) mass is 518 g/mol. The number of nitrogens with zero attached hydrogens (tertiary/aromatic N) is 7. The van der Waals surface area contributed by atoms with Gasteiger partial charge in [0.15, 0.2) is 5.82 Å². The normalized spacial score (nSPS) is 13.3. The third-order valence-corrected chi connectivity index (χ3v) is 6.25. The van der Waals surface area contributed by atoms with Gasteiger partial charge in [-0.15, -0.1) is 10.2 Å². The van der Waals surface area contributed by atoms with Crippen LogP contribution in [0.15, 0.2) is 66.9 Å². The number of benzene rings is 2. The van der Waals surface area contributed by atoms with Crippen molar-refractivity contribution >= 4 is 5.91 Å². The van der Waals surface area contributed by atoms with Crippen LogP contribution < -0.4 is 5.73 Å². The van der Waals surface area contributed by atoms with Crippen LogP contribution in [-0.4, -0.2) is 59.8 Å². The van der Waals surface area contributed by atoms with Crippen LogP contribution in [-0.2, 0) is 17.9 Å². The molecule has 0 fully saturated rings. The van der Waals surface area contributed by atoms with E-state index in [2.05, 4.69) is 20.0 Å². The van der Waals surface area contributed by atoms with Gasteiger partial charge in [-0.2, -0.15) is 4.80 Å². The zero-order valence-corrected chi connectivity index (χ0v) is 22.3. The molecule has 38 heavy (non-hydrogen) atoms. The lowest BCUT2D eigenvalue weighted by molar-refractivity contribution is -0.139. The molecule has 0 bridgehead atoms. The highest BCUT2D eigenvalue weighted by atomic mass is 19.1. The Bertz CT molecular complexity index is 1330. The minimum absolute atomic E-state index is 0.171. The van der Waals surface area contributed by atoms with Gasteiger partial charge in [0, 0.05) is 24.8 Å². The molecule has 2 heterocycles. The summed E-state index contributed by atoms with van der Waals surface area (Å²) in [5, 5.41) is 11.9. The molecule has 4 aromatic rings. The number of halogens is 1. The average molecular weight is 519 g/mol. The van der Waals surface area contributed by atoms with Crippen molar-refractivity contribution in [2.75, 3.05) is 13.1 Å². The molecule has 2 aromatic carbocycles. The van der Waals surface area contributed by atoms with Crippen molar-refractivity contribution in [3.8, 4) is 11.3 Å². The van der Waals surface area contributed by atoms with Crippen LogP contribution >= 0.6 is 0 Å². The molecule has 0 aliphatic heterocycles. The molecular formula is C28H35FN8O. The van der Waals surface area contributed by atoms with E-state index in [1.54, 1.807) is 6.92 Å². The highest BCUT2D eigenvalue weighted by molar-refractivity contribution is 5.76. The zero-order valence-electron chi connectivity index (χ0n) is 22.3. The number of rotatable bonds is 10. The fourth-order valence-corrected chi connectivity index (χ4v) is 4.54. The first kappa shape index (κ1) is 27.1. The minimum atomic E-state index is -1.40. The van der Waals surface area contributed by atoms with E-state index in [1.807, 2.05) is 87.6 Å². The quantitative estimate of drug-likeness (QED) is 0.342. The number of amides is 1. The summed E-state index contributed by atoms with van der Waals surface area (Å²) in [5.41, 5.74) is 7.99. The maximum Gasteiger partial charge on any atom is 0.246 e. The van der Waals surface area contributed by atoms with Crippen molar-refractivity contribution in [1.29, 1.82) is 0 Å². The standard InChI is InChI=1S/C28H35FN8O/c1-20-32-34-37(33-20)19-25(38)36(17-23(29)15-30)26(28(2,3)4)27-31-24(22-13-9-6-10-14-22)18-35(27)16-21-11-7-5-8-12-21/h5-14,18,23,26H,15-17,19,30H2,1-4H3. The first-order valence-corrected chi connectivity index (χ1v) is 12.7. The van der Waals surface area contributed by atoms with E-state index < -0.39 is 17.6 Å². The molecule has 0 saturated heterocycles. The van der Waals surface area contributed by atoms with E-state index in [0.29, 0.717) is 18.2 Å². The topological polar surface area (TPSA) is 108 Å². The molecule has 0 saturated carbocycles. The summed E-state index contributed by atoms with van der Waals surface area (Å²) in [5.74, 6) is 0.780. The highest BCUT2D eigenvalue weighted by Gasteiger charge is 2.39. The molecular weight excluding hydrogens is 483 g/mol. The molecule has 0 aliphatic carbocycles. The van der Waals surface area contributed by atoms with Crippen LogP contribution in [0.2, 0.25) is 0 Å². The van der Waals surface area contributed by atoms with Crippen molar-refractivity contribution in [2.24, 2.45) is 11.1 Å². The molecule has 2 N–H and O–H groups in total. The summed E-state index contributed by atoms with van der Waals surface area (Å²) in [6.07, 6.45) is 0.595. The lowest BCUT2D eigenvalue weighted by Crippen LogP contribution is -2.47. The van der Waals surface area contributed by atoms with Crippen molar-refractivity contribution in [3.05, 3.63) is 84.1 Å². The Balaban J connectivity index is 1.82. The third-order valence-electron chi connectivity index (χ3n) is 6.25. The summed E-state index contributed by atoms with van der Waals surface area (Å²) < 4.78 is 16.9. The lowest BCUT2D eigenvalue weighted by atomic mass is 9.84. The van der Waals surface area contributed by atoms with Gasteiger partial charge in [-0.1, -0.05) is 81.4 Å². The van der Waals surface area contributed by atoms with Gasteiger partial charge < -0.3 is 15.2 Å². The van der Waals surface area contributed by atoms with E-state index in [4.69, 9.17) is 10.7 Å². The summed E-state index contributed by atoms with van der Waals surface area (Å²) in [6, 6.07) is 19.4. The van der Waals surface area contributed by atoms with Crippen LogP contribution in [0.1, 0.15) is 44.0 Å². The maximum absolute atomic E-state index is 14.9. The number of alkyl halides is 1. The molecule has 1 amide bonds. The number of aryl methyl sites for hydroxylation is 1. The van der Waals surface area contributed by atoms with Gasteiger partial charge in [0.25, 0.3) is 0 Å². The Morgan fingerprint density at radius 2 is 1.74 bits per heavy atom. The highest BCUT2D eigenvalue weighted by Crippen LogP contribution is 2.39. The first-order chi connectivity index (χ1) is 18.2. The Kier molecular flexibility index (Phi) is 8.31. The number of nitrogens with two attached hydrogens (primary N) is 1. The summed E-state index contributed by atoms with van der Waals surface area (Å²) in [6.45, 7) is 7.76. The Morgan fingerprint density at radius 1 is 1.08 bits per heavy atom. The predicted octanol–water partition coefficient (Wildman–Crippen LogP) is 3.81. The first-order valence-electron chi connectivity index (χ1n) is 12.7. The van der Waals surface area contributed by atoms with Crippen LogP contribution in [0.3, 0.4) is 0 Å². The number of carbonyl (C=O) groups is 1. The molecule has 2 unspecified atom stereocenters. The molecule has 10 heteroatoms. The molecule has 9 nitrogen and oxygen atoms in total. The molecule has 200 valence electrons. The van der Waals surface area contributed by atoms with E-state index >= 15 is 0 Å². The summed E-state index contributed by atoms with van der Waals surface area (Å²) in [4.78, 5) is 21.6. The fraction of sp³-hybridized carbons (Fsp3) is 0.393. The second kappa shape index (κ2) is 11.6. The Labute approximate surface area is 222 Å². The number of tetrazole rings is 1. The fourth-order valence-electron chi connectivity index (χ4n) is 4.54. The SMILES string of the molecule is Cc1nnn(CC(=O)N(CC(F)CN)C(c2nc(-c3ccccc3)cn2Cc2ccccc2)C(C)(C)C)n1. The second-order valence-corrected chi connectivity index (χ2v) is 10.5. The molecule has 2 aromatic heterocycles. The molecule has 2 atom stereocenters. The van der Waals surface area contributed by atoms with E-state index in [-0.39, 0.29) is 25.5 Å². The van der Waals surface area contributed by atoms with Crippen LogP contribution in [0, 0.1) is 12.3 Å². The number of hydrogen-bond donors (Lipinski definition) is 1. The van der Waals surface area contributed by atoms with Crippen molar-refractivity contribution in [2.45, 2.75) is 53.0 Å². The molecule has 0 aliphatic rings. The maximum atomic E-state index is 14.9. The van der Waals surface area contributed by atoms with Gasteiger partial charge in [0.2, 0.25) is 5.91 Å². The van der Waals surface area contributed by atoms with Crippen LogP contribution in [0.5, 0.6) is 0 Å². The van der Waals surface area contributed by atoms with Gasteiger partial charge >= 0.3 is 0 Å². The smallest absolute Gasteiger partial charge is 0.246 e. The van der Waals surface area contributed by atoms with Crippen molar-refractivity contribution < 1.29 is 9.18 Å². The number of carbonyl (C=O) groups excluding carboxylic acids is 1. The third kappa shape index (κ3) is 6.49. The number of imidazole rings is 1. The van der Waals surface area contributed by atoms with Crippen molar-refractivity contribution in [3.63, 3.8) is 0 Å². The van der Waals surface area contributed by atoms with Crippen LogP contribution in [0.25, 0.3) is 11.3 Å². The molecule has 4 rings (SSSR count). The zero-order chi connectivity index (χ0) is 27.3. The van der Waals surface area contributed by atoms with E-state index in [1.165, 1.54) is 9.70 Å². The minimum Gasteiger partial charge on any atom is -0.328 e. The van der Waals surface area contributed by atoms with Gasteiger partial charge in [-0.05, 0) is 23.1 Å². The number of hydrogen-bond acceptors (Lipinski definition) is 6. The Hall–Kier alpha value is -3.92. The predicted molar refractivity (Wildman–Crippen MR) is 144 cm³/mol. The van der Waals surface area contributed by atoms with Gasteiger partial charge in [-0.25, -0.2) is 9.37 Å². The van der Waals surface area contributed by atoms with Gasteiger partial charge in [0.1, 0.15) is 18.5 Å². The average Bonchev–Trinajstić information content (AvgIpc) is 3.49. The largest absolute Gasteiger partial charge is 0.328 e. The van der Waals surface area contributed by atoms with Gasteiger partial charge in [0.05, 0.1) is 18.3 Å². The summed E-state index contributed by atoms with van der Waals surface area (Å²) >= 11 is 0. The summed E-state index contributed by atoms with van der Waals surface area (Å²) in [7, 11) is 0. The molecule has 0 radical (unpaired) electrons.